The third-order valence-electron chi connectivity index (χ3n) is 9.97. The number of nitrogens with zero attached hydrogens (tertiary/aromatic N) is 2. The van der Waals surface area contributed by atoms with Gasteiger partial charge in [-0.1, -0.05) is 176 Å². The van der Waals surface area contributed by atoms with Crippen LogP contribution in [0.5, 0.6) is 0 Å². The fraction of sp³-hybridized carbons (Fsp3) is 0.0833. The van der Waals surface area contributed by atoms with E-state index in [0.29, 0.717) is 0 Å². The van der Waals surface area contributed by atoms with Crippen molar-refractivity contribution in [3.63, 3.8) is 0 Å². The number of fused-ring (bicyclic) bond motifs is 2. The molecule has 240 valence electrons. The fourth-order valence-corrected chi connectivity index (χ4v) is 7.47. The van der Waals surface area contributed by atoms with Crippen LogP contribution in [0.4, 0.5) is 0 Å². The zero-order valence-corrected chi connectivity index (χ0v) is 28.2. The normalized spacial score (nSPS) is 15.9. The molecule has 7 aromatic rings. The van der Waals surface area contributed by atoms with Crippen molar-refractivity contribution in [1.82, 2.24) is 9.97 Å². The molecule has 2 aliphatic rings. The summed E-state index contributed by atoms with van der Waals surface area (Å²) < 4.78 is 0. The molecule has 1 heterocycles. The first-order valence-electron chi connectivity index (χ1n) is 17.4. The Morgan fingerprint density at radius 1 is 0.500 bits per heavy atom. The van der Waals surface area contributed by atoms with Crippen LogP contribution in [0.1, 0.15) is 36.5 Å². The molecule has 2 heteroatoms. The second kappa shape index (κ2) is 13.8. The Kier molecular flexibility index (Phi) is 8.59. The molecule has 1 atom stereocenters. The summed E-state index contributed by atoms with van der Waals surface area (Å²) in [5.41, 5.74) is 14.0. The average molecular weight is 643 g/mol. The first-order chi connectivity index (χ1) is 24.7. The lowest BCUT2D eigenvalue weighted by Gasteiger charge is -2.31. The van der Waals surface area contributed by atoms with E-state index in [9.17, 15) is 0 Å². The smallest absolute Gasteiger partial charge is 0.161 e. The van der Waals surface area contributed by atoms with Crippen molar-refractivity contribution in [2.24, 2.45) is 0 Å². The van der Waals surface area contributed by atoms with Crippen LogP contribution in [0.3, 0.4) is 0 Å². The van der Waals surface area contributed by atoms with Crippen molar-refractivity contribution < 1.29 is 0 Å². The average Bonchev–Trinajstić information content (AvgIpc) is 3.48. The monoisotopic (exact) mass is 642 g/mol. The Balaban J connectivity index is 0.000000547. The van der Waals surface area contributed by atoms with Crippen LogP contribution in [0.15, 0.2) is 194 Å². The molecule has 0 N–H and O–H groups in total. The second-order valence-corrected chi connectivity index (χ2v) is 13.0. The van der Waals surface area contributed by atoms with Gasteiger partial charge in [-0.25, -0.2) is 9.97 Å². The molecule has 0 radical (unpaired) electrons. The highest BCUT2D eigenvalue weighted by Gasteiger charge is 2.43. The van der Waals surface area contributed by atoms with Crippen LogP contribution < -0.4 is 0 Å². The summed E-state index contributed by atoms with van der Waals surface area (Å²) >= 11 is 0. The van der Waals surface area contributed by atoms with E-state index >= 15 is 0 Å². The summed E-state index contributed by atoms with van der Waals surface area (Å²) in [6.45, 7) is 2.40. The third kappa shape index (κ3) is 5.90. The number of benzene rings is 6. The molecule has 0 saturated heterocycles. The number of hydrogen-bond acceptors (Lipinski definition) is 2. The SMILES string of the molecule is CC1(c2ccccc2)C2=C(C=CCC2)c2c(-c3nc(-c4ccccc4)cc(-c4cccc(-c5ccccc5)c4)n3)cccc21.c1ccccc1. The molecule has 1 aromatic heterocycles. The predicted octanol–water partition coefficient (Wildman–Crippen LogP) is 12.3. The van der Waals surface area contributed by atoms with E-state index in [-0.39, 0.29) is 5.41 Å². The third-order valence-corrected chi connectivity index (χ3v) is 9.97. The van der Waals surface area contributed by atoms with Gasteiger partial charge in [-0.3, -0.25) is 0 Å². The van der Waals surface area contributed by atoms with Crippen molar-refractivity contribution in [2.75, 3.05) is 0 Å². The minimum absolute atomic E-state index is 0.198. The maximum absolute atomic E-state index is 5.31. The fourth-order valence-electron chi connectivity index (χ4n) is 7.47. The summed E-state index contributed by atoms with van der Waals surface area (Å²) in [4.78, 5) is 10.6. The van der Waals surface area contributed by atoms with E-state index in [2.05, 4.69) is 153 Å². The second-order valence-electron chi connectivity index (χ2n) is 13.0. The van der Waals surface area contributed by atoms with E-state index in [1.807, 2.05) is 42.5 Å². The van der Waals surface area contributed by atoms with Crippen LogP contribution in [-0.2, 0) is 5.41 Å². The van der Waals surface area contributed by atoms with Crippen molar-refractivity contribution in [2.45, 2.75) is 25.2 Å². The number of aromatic nitrogens is 2. The number of allylic oxidation sites excluding steroid dienone is 4. The van der Waals surface area contributed by atoms with Gasteiger partial charge in [0.05, 0.1) is 11.4 Å². The lowest BCUT2D eigenvalue weighted by molar-refractivity contribution is 0.652. The Bertz CT molecular complexity index is 2280. The van der Waals surface area contributed by atoms with Gasteiger partial charge in [0.2, 0.25) is 0 Å². The zero-order valence-electron chi connectivity index (χ0n) is 28.2. The molecule has 1 unspecified atom stereocenters. The van der Waals surface area contributed by atoms with Gasteiger partial charge in [-0.2, -0.15) is 0 Å². The van der Waals surface area contributed by atoms with Gasteiger partial charge in [-0.15, -0.1) is 0 Å². The van der Waals surface area contributed by atoms with Crippen molar-refractivity contribution in [1.29, 1.82) is 0 Å². The van der Waals surface area contributed by atoms with Gasteiger partial charge in [0.1, 0.15) is 0 Å². The zero-order chi connectivity index (χ0) is 33.8. The van der Waals surface area contributed by atoms with Crippen molar-refractivity contribution in [3.05, 3.63) is 210 Å². The Hall–Kier alpha value is -6.12. The van der Waals surface area contributed by atoms with Crippen LogP contribution in [0.2, 0.25) is 0 Å². The molecule has 0 fully saturated rings. The van der Waals surface area contributed by atoms with E-state index in [4.69, 9.17) is 9.97 Å². The topological polar surface area (TPSA) is 25.8 Å². The standard InChI is InChI=1S/C42H32N2.C6H6/c1-42(33-21-9-4-10-22-33)36-25-12-11-23-34(36)40-35(24-14-26-37(40)42)41-43-38(30-17-7-3-8-18-30)28-39(44-41)32-20-13-19-31(27-32)29-15-5-2-6-16-29;1-2-4-6-5-3-1/h2-11,13-24,26-28H,12,25H2,1H3;1-6H. The molecule has 0 aliphatic heterocycles. The molecular formula is C48H38N2. The molecule has 6 aromatic carbocycles. The van der Waals surface area contributed by atoms with E-state index in [1.54, 1.807) is 0 Å². The first-order valence-corrected chi connectivity index (χ1v) is 17.4. The summed E-state index contributed by atoms with van der Waals surface area (Å²) in [5.74, 6) is 0.756. The lowest BCUT2D eigenvalue weighted by atomic mass is 9.71. The van der Waals surface area contributed by atoms with Crippen molar-refractivity contribution >= 4 is 5.57 Å². The summed E-state index contributed by atoms with van der Waals surface area (Å²) in [6, 6.07) is 61.4. The highest BCUT2D eigenvalue weighted by molar-refractivity contribution is 5.95. The molecule has 2 aliphatic carbocycles. The molecule has 0 spiro atoms. The van der Waals surface area contributed by atoms with E-state index < -0.39 is 0 Å². The summed E-state index contributed by atoms with van der Waals surface area (Å²) in [5, 5.41) is 0. The predicted molar refractivity (Wildman–Crippen MR) is 208 cm³/mol. The quantitative estimate of drug-likeness (QED) is 0.187. The Labute approximate surface area is 295 Å². The van der Waals surface area contributed by atoms with E-state index in [0.717, 1.165) is 46.7 Å². The molecule has 50 heavy (non-hydrogen) atoms. The highest BCUT2D eigenvalue weighted by Crippen LogP contribution is 2.55. The largest absolute Gasteiger partial charge is 0.228 e. The maximum atomic E-state index is 5.31. The highest BCUT2D eigenvalue weighted by atomic mass is 14.9. The molecule has 9 rings (SSSR count). The number of hydrogen-bond donors (Lipinski definition) is 0. The van der Waals surface area contributed by atoms with E-state index in [1.165, 1.54) is 39.0 Å². The van der Waals surface area contributed by atoms with Gasteiger partial charge < -0.3 is 0 Å². The van der Waals surface area contributed by atoms with Crippen LogP contribution in [-0.4, -0.2) is 9.97 Å². The molecular weight excluding hydrogens is 605 g/mol. The van der Waals surface area contributed by atoms with Crippen LogP contribution in [0, 0.1) is 0 Å². The summed E-state index contributed by atoms with van der Waals surface area (Å²) in [6.07, 6.45) is 6.76. The van der Waals surface area contributed by atoms with Crippen LogP contribution >= 0.6 is 0 Å². The van der Waals surface area contributed by atoms with Gasteiger partial charge >= 0.3 is 0 Å². The van der Waals surface area contributed by atoms with Gasteiger partial charge in [-0.05, 0) is 70.9 Å². The van der Waals surface area contributed by atoms with Gasteiger partial charge in [0, 0.05) is 22.1 Å². The molecule has 0 amide bonds. The minimum atomic E-state index is -0.198. The van der Waals surface area contributed by atoms with Gasteiger partial charge in [0.15, 0.2) is 5.82 Å². The van der Waals surface area contributed by atoms with Crippen molar-refractivity contribution in [3.8, 4) is 45.0 Å². The summed E-state index contributed by atoms with van der Waals surface area (Å²) in [7, 11) is 0. The maximum Gasteiger partial charge on any atom is 0.161 e. The Morgan fingerprint density at radius 3 is 1.72 bits per heavy atom. The first kappa shape index (κ1) is 31.2. The van der Waals surface area contributed by atoms with Crippen LogP contribution in [0.25, 0.3) is 50.6 Å². The lowest BCUT2D eigenvalue weighted by Crippen LogP contribution is -2.24. The minimum Gasteiger partial charge on any atom is -0.228 e. The molecule has 0 saturated carbocycles. The molecule has 2 nitrogen and oxygen atoms in total. The van der Waals surface area contributed by atoms with Gasteiger partial charge in [0.25, 0.3) is 0 Å². The Morgan fingerprint density at radius 2 is 1.04 bits per heavy atom. The molecule has 0 bridgehead atoms. The number of rotatable bonds is 5.